The lowest BCUT2D eigenvalue weighted by molar-refractivity contribution is 0.410. The van der Waals surface area contributed by atoms with Crippen molar-refractivity contribution in [2.45, 2.75) is 25.8 Å². The number of aryl methyl sites for hydroxylation is 1. The van der Waals surface area contributed by atoms with E-state index in [1.807, 2.05) is 30.6 Å². The zero-order valence-electron chi connectivity index (χ0n) is 11.4. The largest absolute Gasteiger partial charge is 0.496 e. The number of nitrogens with zero attached hydrogens (tertiary/aromatic N) is 2. The van der Waals surface area contributed by atoms with Crippen molar-refractivity contribution in [2.75, 3.05) is 13.7 Å². The summed E-state index contributed by atoms with van der Waals surface area (Å²) in [7, 11) is 1.70. The lowest BCUT2D eigenvalue weighted by atomic mass is 10.1. The molecule has 0 radical (unpaired) electrons. The Bertz CT molecular complexity index is 508. The van der Waals surface area contributed by atoms with Gasteiger partial charge in [-0.2, -0.15) is 0 Å². The summed E-state index contributed by atoms with van der Waals surface area (Å²) in [6.07, 6.45) is 6.81. The molecular weight excluding hydrogens is 238 g/mol. The average Bonchev–Trinajstić information content (AvgIpc) is 2.87. The van der Waals surface area contributed by atoms with Crippen molar-refractivity contribution < 1.29 is 4.74 Å². The van der Waals surface area contributed by atoms with Gasteiger partial charge in [-0.1, -0.05) is 18.2 Å². The van der Waals surface area contributed by atoms with Gasteiger partial charge in [0.15, 0.2) is 0 Å². The molecule has 2 N–H and O–H groups in total. The molecule has 102 valence electrons. The van der Waals surface area contributed by atoms with E-state index in [1.54, 1.807) is 7.11 Å². The molecule has 19 heavy (non-hydrogen) atoms. The lowest BCUT2D eigenvalue weighted by Crippen LogP contribution is -2.07. The third-order valence-electron chi connectivity index (χ3n) is 3.20. The maximum atomic E-state index is 5.53. The first kappa shape index (κ1) is 13.6. The normalized spacial score (nSPS) is 10.6. The number of benzene rings is 1. The van der Waals surface area contributed by atoms with Gasteiger partial charge >= 0.3 is 0 Å². The number of ether oxygens (including phenoxy) is 1. The van der Waals surface area contributed by atoms with E-state index in [2.05, 4.69) is 15.6 Å². The second-order valence-electron chi connectivity index (χ2n) is 4.52. The zero-order chi connectivity index (χ0) is 13.5. The molecule has 0 unspecified atom stereocenters. The number of nitrogens with two attached hydrogens (primary N) is 1. The summed E-state index contributed by atoms with van der Waals surface area (Å²) in [5.41, 5.74) is 6.69. The Morgan fingerprint density at radius 2 is 2.11 bits per heavy atom. The molecule has 1 aromatic carbocycles. The highest BCUT2D eigenvalue weighted by molar-refractivity contribution is 5.35. The van der Waals surface area contributed by atoms with Crippen LogP contribution in [0.15, 0.2) is 36.7 Å². The Labute approximate surface area is 114 Å². The van der Waals surface area contributed by atoms with E-state index in [0.717, 1.165) is 49.5 Å². The molecule has 2 rings (SSSR count). The van der Waals surface area contributed by atoms with Crippen molar-refractivity contribution in [3.8, 4) is 5.75 Å². The lowest BCUT2D eigenvalue weighted by Gasteiger charge is -2.10. The molecule has 0 atom stereocenters. The van der Waals surface area contributed by atoms with Crippen LogP contribution in [-0.4, -0.2) is 23.2 Å². The molecule has 1 aromatic heterocycles. The minimum absolute atomic E-state index is 0.747. The van der Waals surface area contributed by atoms with Gasteiger partial charge in [-0.15, -0.1) is 0 Å². The Morgan fingerprint density at radius 3 is 2.89 bits per heavy atom. The fraction of sp³-hybridized carbons (Fsp3) is 0.400. The van der Waals surface area contributed by atoms with Gasteiger partial charge in [-0.3, -0.25) is 0 Å². The molecule has 0 bridgehead atoms. The topological polar surface area (TPSA) is 53.1 Å². The van der Waals surface area contributed by atoms with Crippen LogP contribution in [0.2, 0.25) is 0 Å². The van der Waals surface area contributed by atoms with E-state index >= 15 is 0 Å². The Balaban J connectivity index is 2.08. The van der Waals surface area contributed by atoms with Gasteiger partial charge in [-0.25, -0.2) is 4.98 Å². The van der Waals surface area contributed by atoms with Gasteiger partial charge in [-0.05, 0) is 25.5 Å². The third kappa shape index (κ3) is 3.58. The monoisotopic (exact) mass is 259 g/mol. The number of hydrogen-bond donors (Lipinski definition) is 1. The molecular formula is C15H21N3O. The first-order chi connectivity index (χ1) is 9.35. The smallest absolute Gasteiger partial charge is 0.122 e. The number of para-hydroxylation sites is 1. The van der Waals surface area contributed by atoms with Crippen LogP contribution < -0.4 is 10.5 Å². The van der Waals surface area contributed by atoms with Crippen molar-refractivity contribution in [3.05, 3.63) is 48.0 Å². The molecule has 0 aliphatic heterocycles. The number of methoxy groups -OCH3 is 1. The van der Waals surface area contributed by atoms with Crippen molar-refractivity contribution in [1.29, 1.82) is 0 Å². The van der Waals surface area contributed by atoms with Gasteiger partial charge in [0.25, 0.3) is 0 Å². The zero-order valence-corrected chi connectivity index (χ0v) is 11.4. The summed E-state index contributed by atoms with van der Waals surface area (Å²) in [6, 6.07) is 8.07. The summed E-state index contributed by atoms with van der Waals surface area (Å²) >= 11 is 0. The van der Waals surface area contributed by atoms with Crippen LogP contribution >= 0.6 is 0 Å². The molecule has 4 nitrogen and oxygen atoms in total. The summed E-state index contributed by atoms with van der Waals surface area (Å²) in [5, 5.41) is 0. The van der Waals surface area contributed by atoms with E-state index in [9.17, 15) is 0 Å². The number of unbranched alkanes of at least 4 members (excludes halogenated alkanes) is 1. The van der Waals surface area contributed by atoms with Gasteiger partial charge in [0.05, 0.1) is 7.11 Å². The number of hydrogen-bond acceptors (Lipinski definition) is 3. The van der Waals surface area contributed by atoms with Crippen molar-refractivity contribution >= 4 is 0 Å². The van der Waals surface area contributed by atoms with Crippen LogP contribution in [0.4, 0.5) is 0 Å². The standard InChI is InChI=1S/C15H21N3O/c1-19-14-7-3-2-6-13(14)12-15-17-9-11-18(15)10-5-4-8-16/h2-3,6-7,9,11H,4-5,8,10,12,16H2,1H3. The summed E-state index contributed by atoms with van der Waals surface area (Å²) in [6.45, 7) is 1.72. The molecule has 0 saturated carbocycles. The highest BCUT2D eigenvalue weighted by Crippen LogP contribution is 2.20. The van der Waals surface area contributed by atoms with Gasteiger partial charge in [0, 0.05) is 30.9 Å². The van der Waals surface area contributed by atoms with Gasteiger partial charge in [0.1, 0.15) is 11.6 Å². The minimum Gasteiger partial charge on any atom is -0.496 e. The molecule has 0 fully saturated rings. The van der Waals surface area contributed by atoms with Gasteiger partial charge < -0.3 is 15.0 Å². The fourth-order valence-electron chi connectivity index (χ4n) is 2.16. The van der Waals surface area contributed by atoms with Crippen LogP contribution in [0.3, 0.4) is 0 Å². The van der Waals surface area contributed by atoms with Crippen LogP contribution in [0.1, 0.15) is 24.2 Å². The fourth-order valence-corrected chi connectivity index (χ4v) is 2.16. The summed E-state index contributed by atoms with van der Waals surface area (Å²) in [5.74, 6) is 1.99. The number of imidazole rings is 1. The molecule has 0 spiro atoms. The Hall–Kier alpha value is -1.81. The summed E-state index contributed by atoms with van der Waals surface area (Å²) in [4.78, 5) is 4.44. The quantitative estimate of drug-likeness (QED) is 0.776. The van der Waals surface area contributed by atoms with Crippen molar-refractivity contribution in [1.82, 2.24) is 9.55 Å². The Morgan fingerprint density at radius 1 is 1.26 bits per heavy atom. The SMILES string of the molecule is COc1ccccc1Cc1nccn1CCCCN. The maximum absolute atomic E-state index is 5.53. The Kier molecular flexibility index (Phi) is 4.98. The van der Waals surface area contributed by atoms with Crippen LogP contribution in [0.5, 0.6) is 5.75 Å². The number of rotatable bonds is 7. The second-order valence-corrected chi connectivity index (χ2v) is 4.52. The molecule has 0 aliphatic rings. The van der Waals surface area contributed by atoms with E-state index in [1.165, 1.54) is 0 Å². The van der Waals surface area contributed by atoms with Gasteiger partial charge in [0.2, 0.25) is 0 Å². The third-order valence-corrected chi connectivity index (χ3v) is 3.20. The highest BCUT2D eigenvalue weighted by atomic mass is 16.5. The first-order valence-corrected chi connectivity index (χ1v) is 6.67. The average molecular weight is 259 g/mol. The minimum atomic E-state index is 0.747. The maximum Gasteiger partial charge on any atom is 0.122 e. The highest BCUT2D eigenvalue weighted by Gasteiger charge is 2.07. The molecule has 0 saturated heterocycles. The van der Waals surface area contributed by atoms with Crippen molar-refractivity contribution in [2.24, 2.45) is 5.73 Å². The van der Waals surface area contributed by atoms with E-state index in [-0.39, 0.29) is 0 Å². The van der Waals surface area contributed by atoms with Crippen molar-refractivity contribution in [3.63, 3.8) is 0 Å². The number of aromatic nitrogens is 2. The first-order valence-electron chi connectivity index (χ1n) is 6.67. The van der Waals surface area contributed by atoms with Crippen LogP contribution in [-0.2, 0) is 13.0 Å². The molecule has 2 aromatic rings. The van der Waals surface area contributed by atoms with E-state index in [0.29, 0.717) is 0 Å². The second kappa shape index (κ2) is 6.95. The molecule has 0 amide bonds. The van der Waals surface area contributed by atoms with E-state index < -0.39 is 0 Å². The summed E-state index contributed by atoms with van der Waals surface area (Å²) < 4.78 is 7.58. The predicted molar refractivity (Wildman–Crippen MR) is 76.3 cm³/mol. The molecule has 0 aliphatic carbocycles. The van der Waals surface area contributed by atoms with Crippen LogP contribution in [0, 0.1) is 0 Å². The predicted octanol–water partition coefficient (Wildman–Crippen LogP) is 2.22. The van der Waals surface area contributed by atoms with E-state index in [4.69, 9.17) is 10.5 Å². The molecule has 4 heteroatoms. The van der Waals surface area contributed by atoms with Crippen LogP contribution in [0.25, 0.3) is 0 Å². The molecule has 1 heterocycles.